The van der Waals surface area contributed by atoms with Crippen molar-refractivity contribution in [3.63, 3.8) is 0 Å². The van der Waals surface area contributed by atoms with E-state index in [2.05, 4.69) is 5.32 Å². The maximum Gasteiger partial charge on any atom is 0.242 e. The van der Waals surface area contributed by atoms with E-state index in [0.29, 0.717) is 13.0 Å². The summed E-state index contributed by atoms with van der Waals surface area (Å²) in [7, 11) is 0. The molecule has 3 N–H and O–H groups in total. The van der Waals surface area contributed by atoms with Gasteiger partial charge in [-0.2, -0.15) is 0 Å². The SMILES string of the molecule is N[C@@H]1CCN(C(=O)CNC(=O)CCC2CCCC2)C1. The first-order valence-corrected chi connectivity index (χ1v) is 7.45. The highest BCUT2D eigenvalue weighted by Gasteiger charge is 2.23. The Hall–Kier alpha value is -1.10. The molecule has 1 aliphatic heterocycles. The molecule has 2 aliphatic rings. The zero-order valence-electron chi connectivity index (χ0n) is 11.6. The first-order valence-electron chi connectivity index (χ1n) is 7.45. The lowest BCUT2D eigenvalue weighted by atomic mass is 10.0. The average molecular weight is 267 g/mol. The molecule has 0 unspecified atom stereocenters. The molecule has 0 spiro atoms. The summed E-state index contributed by atoms with van der Waals surface area (Å²) in [4.78, 5) is 25.2. The van der Waals surface area contributed by atoms with Crippen LogP contribution < -0.4 is 11.1 Å². The number of nitrogens with two attached hydrogens (primary N) is 1. The van der Waals surface area contributed by atoms with Crippen molar-refractivity contribution < 1.29 is 9.59 Å². The van der Waals surface area contributed by atoms with Gasteiger partial charge in [0.1, 0.15) is 0 Å². The monoisotopic (exact) mass is 267 g/mol. The second-order valence-corrected chi connectivity index (χ2v) is 5.85. The van der Waals surface area contributed by atoms with Gasteiger partial charge in [-0.05, 0) is 18.8 Å². The van der Waals surface area contributed by atoms with Crippen molar-refractivity contribution in [1.82, 2.24) is 10.2 Å². The molecule has 2 rings (SSSR count). The highest BCUT2D eigenvalue weighted by atomic mass is 16.2. The van der Waals surface area contributed by atoms with Crippen molar-refractivity contribution >= 4 is 11.8 Å². The van der Waals surface area contributed by atoms with Crippen LogP contribution in [-0.4, -0.2) is 42.4 Å². The summed E-state index contributed by atoms with van der Waals surface area (Å²) in [6.07, 6.45) is 7.52. The van der Waals surface area contributed by atoms with Crippen LogP contribution in [-0.2, 0) is 9.59 Å². The minimum atomic E-state index is -0.0119. The molecule has 2 fully saturated rings. The average Bonchev–Trinajstić information content (AvgIpc) is 3.04. The summed E-state index contributed by atoms with van der Waals surface area (Å²) >= 11 is 0. The fraction of sp³-hybridized carbons (Fsp3) is 0.857. The maximum atomic E-state index is 11.8. The Balaban J connectivity index is 1.58. The predicted molar refractivity (Wildman–Crippen MR) is 73.4 cm³/mol. The normalized spacial score (nSPS) is 23.8. The molecule has 0 bridgehead atoms. The van der Waals surface area contributed by atoms with E-state index in [1.54, 1.807) is 4.90 Å². The van der Waals surface area contributed by atoms with E-state index in [1.807, 2.05) is 0 Å². The van der Waals surface area contributed by atoms with E-state index in [-0.39, 0.29) is 24.4 Å². The third-order valence-corrected chi connectivity index (χ3v) is 4.27. The van der Waals surface area contributed by atoms with Gasteiger partial charge in [-0.3, -0.25) is 9.59 Å². The van der Waals surface area contributed by atoms with Crippen LogP contribution in [0, 0.1) is 5.92 Å². The highest BCUT2D eigenvalue weighted by Crippen LogP contribution is 2.28. The summed E-state index contributed by atoms with van der Waals surface area (Å²) in [5, 5.41) is 2.73. The van der Waals surface area contributed by atoms with Crippen LogP contribution in [0.4, 0.5) is 0 Å². The Kier molecular flexibility index (Phi) is 5.19. The second-order valence-electron chi connectivity index (χ2n) is 5.85. The van der Waals surface area contributed by atoms with Crippen LogP contribution in [0.15, 0.2) is 0 Å². The fourth-order valence-corrected chi connectivity index (χ4v) is 3.02. The van der Waals surface area contributed by atoms with Gasteiger partial charge >= 0.3 is 0 Å². The Morgan fingerprint density at radius 2 is 1.95 bits per heavy atom. The van der Waals surface area contributed by atoms with E-state index >= 15 is 0 Å². The Labute approximate surface area is 114 Å². The van der Waals surface area contributed by atoms with Gasteiger partial charge in [0.15, 0.2) is 0 Å². The van der Waals surface area contributed by atoms with Crippen LogP contribution in [0.1, 0.15) is 44.9 Å². The first-order chi connectivity index (χ1) is 9.15. The van der Waals surface area contributed by atoms with Crippen LogP contribution in [0.3, 0.4) is 0 Å². The summed E-state index contributed by atoms with van der Waals surface area (Å²) in [6, 6.07) is 0.0991. The smallest absolute Gasteiger partial charge is 0.242 e. The number of rotatable bonds is 5. The summed E-state index contributed by atoms with van der Waals surface area (Å²) in [5.41, 5.74) is 5.76. The van der Waals surface area contributed by atoms with E-state index in [9.17, 15) is 9.59 Å². The van der Waals surface area contributed by atoms with Crippen molar-refractivity contribution in [2.45, 2.75) is 51.0 Å². The van der Waals surface area contributed by atoms with E-state index in [4.69, 9.17) is 5.73 Å². The zero-order chi connectivity index (χ0) is 13.7. The lowest BCUT2D eigenvalue weighted by Crippen LogP contribution is -2.40. The van der Waals surface area contributed by atoms with Gasteiger partial charge in [0, 0.05) is 25.6 Å². The van der Waals surface area contributed by atoms with Gasteiger partial charge in [0.25, 0.3) is 0 Å². The van der Waals surface area contributed by atoms with Gasteiger partial charge in [-0.1, -0.05) is 25.7 Å². The first kappa shape index (κ1) is 14.3. The number of carbonyl (C=O) groups excluding carboxylic acids is 2. The number of hydrogen-bond donors (Lipinski definition) is 2. The minimum absolute atomic E-state index is 0.00347. The molecule has 1 heterocycles. The predicted octanol–water partition coefficient (Wildman–Crippen LogP) is 0.633. The molecular formula is C14H25N3O2. The molecule has 1 aliphatic carbocycles. The molecule has 0 aromatic rings. The Morgan fingerprint density at radius 3 is 2.58 bits per heavy atom. The lowest BCUT2D eigenvalue weighted by molar-refractivity contribution is -0.132. The zero-order valence-corrected chi connectivity index (χ0v) is 11.6. The molecule has 1 saturated carbocycles. The quantitative estimate of drug-likeness (QED) is 0.767. The van der Waals surface area contributed by atoms with Crippen LogP contribution in [0.25, 0.3) is 0 Å². The van der Waals surface area contributed by atoms with Crippen LogP contribution >= 0.6 is 0 Å². The van der Waals surface area contributed by atoms with Gasteiger partial charge in [0.05, 0.1) is 6.54 Å². The Morgan fingerprint density at radius 1 is 1.21 bits per heavy atom. The number of nitrogens with zero attached hydrogens (tertiary/aromatic N) is 1. The summed E-state index contributed by atoms with van der Waals surface area (Å²) in [5.74, 6) is 0.712. The van der Waals surface area contributed by atoms with E-state index in [0.717, 1.165) is 25.3 Å². The molecule has 19 heavy (non-hydrogen) atoms. The third kappa shape index (κ3) is 4.49. The van der Waals surface area contributed by atoms with Crippen molar-refractivity contribution in [2.24, 2.45) is 11.7 Å². The molecule has 108 valence electrons. The van der Waals surface area contributed by atoms with Gasteiger partial charge in [0.2, 0.25) is 11.8 Å². The molecular weight excluding hydrogens is 242 g/mol. The topological polar surface area (TPSA) is 75.4 Å². The minimum Gasteiger partial charge on any atom is -0.347 e. The van der Waals surface area contributed by atoms with E-state index in [1.165, 1.54) is 25.7 Å². The molecule has 1 atom stereocenters. The number of nitrogens with one attached hydrogen (secondary N) is 1. The molecule has 2 amide bonds. The van der Waals surface area contributed by atoms with Gasteiger partial charge in [-0.15, -0.1) is 0 Å². The molecule has 0 aromatic carbocycles. The summed E-state index contributed by atoms with van der Waals surface area (Å²) < 4.78 is 0. The van der Waals surface area contributed by atoms with Crippen LogP contribution in [0.2, 0.25) is 0 Å². The number of carbonyl (C=O) groups is 2. The van der Waals surface area contributed by atoms with Gasteiger partial charge in [-0.25, -0.2) is 0 Å². The van der Waals surface area contributed by atoms with Crippen molar-refractivity contribution in [2.75, 3.05) is 19.6 Å². The molecule has 5 heteroatoms. The van der Waals surface area contributed by atoms with Crippen LogP contribution in [0.5, 0.6) is 0 Å². The number of amides is 2. The lowest BCUT2D eigenvalue weighted by Gasteiger charge is -2.16. The van der Waals surface area contributed by atoms with Crippen molar-refractivity contribution in [3.05, 3.63) is 0 Å². The molecule has 0 aromatic heterocycles. The van der Waals surface area contributed by atoms with Crippen molar-refractivity contribution in [1.29, 1.82) is 0 Å². The van der Waals surface area contributed by atoms with E-state index < -0.39 is 0 Å². The van der Waals surface area contributed by atoms with Gasteiger partial charge < -0.3 is 16.0 Å². The molecule has 5 nitrogen and oxygen atoms in total. The second kappa shape index (κ2) is 6.89. The highest BCUT2D eigenvalue weighted by molar-refractivity contribution is 5.84. The third-order valence-electron chi connectivity index (χ3n) is 4.27. The summed E-state index contributed by atoms with van der Waals surface area (Å²) in [6.45, 7) is 1.46. The molecule has 0 radical (unpaired) electrons. The van der Waals surface area contributed by atoms with Crippen molar-refractivity contribution in [3.8, 4) is 0 Å². The number of hydrogen-bond acceptors (Lipinski definition) is 3. The number of likely N-dealkylation sites (tertiary alicyclic amines) is 1. The molecule has 1 saturated heterocycles. The fourth-order valence-electron chi connectivity index (χ4n) is 3.02. The maximum absolute atomic E-state index is 11.8. The largest absolute Gasteiger partial charge is 0.347 e. The Bertz CT molecular complexity index is 327. The standard InChI is InChI=1S/C14H25N3O2/c15-12-7-8-17(10-12)14(19)9-16-13(18)6-5-11-3-1-2-4-11/h11-12H,1-10,15H2,(H,16,18)/t12-/m1/s1.